The molecule has 8 heteroatoms. The van der Waals surface area contributed by atoms with E-state index in [1.165, 1.54) is 31.0 Å². The molecule has 1 aromatic heterocycles. The van der Waals surface area contributed by atoms with Gasteiger partial charge < -0.3 is 16.1 Å². The van der Waals surface area contributed by atoms with Crippen molar-refractivity contribution in [3.8, 4) is 0 Å². The maximum absolute atomic E-state index is 12.2. The largest absolute Gasteiger partial charge is 0.353 e. The summed E-state index contributed by atoms with van der Waals surface area (Å²) in [7, 11) is 0. The topological polar surface area (TPSA) is 89.1 Å². The monoisotopic (exact) mass is 366 g/mol. The molecule has 3 N–H and O–H groups in total. The number of thioether (sulfide) groups is 1. The molecular formula is C17H30N6OS. The third kappa shape index (κ3) is 4.88. The number of hydrogen-bond donors (Lipinski definition) is 2. The number of hydrogen-bond acceptors (Lipinski definition) is 6. The Morgan fingerprint density at radius 2 is 1.92 bits per heavy atom. The van der Waals surface area contributed by atoms with Gasteiger partial charge in [0.15, 0.2) is 5.82 Å². The van der Waals surface area contributed by atoms with Crippen molar-refractivity contribution in [1.82, 2.24) is 25.1 Å². The average Bonchev–Trinajstić information content (AvgIpc) is 3.02. The molecule has 2 heterocycles. The van der Waals surface area contributed by atoms with Crippen LogP contribution in [0.5, 0.6) is 0 Å². The van der Waals surface area contributed by atoms with E-state index in [1.807, 2.05) is 0 Å². The normalized spacial score (nSPS) is 20.7. The number of nitrogen functional groups attached to an aromatic ring is 1. The third-order valence-corrected chi connectivity index (χ3v) is 6.34. The summed E-state index contributed by atoms with van der Waals surface area (Å²) in [6.45, 7) is 5.40. The van der Waals surface area contributed by atoms with Gasteiger partial charge in [0.1, 0.15) is 0 Å². The Hall–Kier alpha value is -1.28. The minimum absolute atomic E-state index is 0.0576. The van der Waals surface area contributed by atoms with Crippen molar-refractivity contribution in [2.45, 2.75) is 69.0 Å². The highest BCUT2D eigenvalue weighted by atomic mass is 32.2. The van der Waals surface area contributed by atoms with Crippen LogP contribution in [0.2, 0.25) is 0 Å². The summed E-state index contributed by atoms with van der Waals surface area (Å²) in [5.41, 5.74) is 0. The van der Waals surface area contributed by atoms with Crippen LogP contribution < -0.4 is 11.2 Å². The molecule has 0 aromatic carbocycles. The quantitative estimate of drug-likeness (QED) is 0.589. The first-order valence-corrected chi connectivity index (χ1v) is 10.5. The summed E-state index contributed by atoms with van der Waals surface area (Å²) < 4.78 is 1.59. The first-order valence-electron chi connectivity index (χ1n) is 9.52. The zero-order chi connectivity index (χ0) is 17.6. The number of nitrogens with zero attached hydrogens (tertiary/aromatic N) is 4. The number of carbonyl (C=O) groups excluding carboxylic acids is 1. The molecule has 0 spiro atoms. The summed E-state index contributed by atoms with van der Waals surface area (Å²) >= 11 is 1.38. The fourth-order valence-electron chi connectivity index (χ4n) is 3.82. The lowest BCUT2D eigenvalue weighted by Crippen LogP contribution is -2.45. The molecular weight excluding hydrogens is 336 g/mol. The number of aromatic nitrogens is 3. The van der Waals surface area contributed by atoms with Crippen molar-refractivity contribution in [1.29, 1.82) is 0 Å². The number of likely N-dealkylation sites (tertiary alicyclic amines) is 1. The summed E-state index contributed by atoms with van der Waals surface area (Å²) in [6.07, 6.45) is 8.10. The lowest BCUT2D eigenvalue weighted by molar-refractivity contribution is -0.119. The van der Waals surface area contributed by atoms with Gasteiger partial charge in [-0.2, -0.15) is 0 Å². The molecule has 0 atom stereocenters. The van der Waals surface area contributed by atoms with Gasteiger partial charge in [0.2, 0.25) is 11.1 Å². The first-order chi connectivity index (χ1) is 12.2. The maximum Gasteiger partial charge on any atom is 0.230 e. The van der Waals surface area contributed by atoms with E-state index >= 15 is 0 Å². The van der Waals surface area contributed by atoms with E-state index in [9.17, 15) is 4.79 Å². The predicted molar refractivity (Wildman–Crippen MR) is 100 cm³/mol. The van der Waals surface area contributed by atoms with E-state index < -0.39 is 0 Å². The molecule has 0 unspecified atom stereocenters. The fourth-order valence-corrected chi connectivity index (χ4v) is 4.49. The van der Waals surface area contributed by atoms with Gasteiger partial charge >= 0.3 is 0 Å². The Kier molecular flexibility index (Phi) is 6.58. The van der Waals surface area contributed by atoms with Crippen LogP contribution in [0, 0.1) is 0 Å². The van der Waals surface area contributed by atoms with Crippen molar-refractivity contribution in [2.24, 2.45) is 0 Å². The Bertz CT molecular complexity index is 563. The average molecular weight is 367 g/mol. The predicted octanol–water partition coefficient (Wildman–Crippen LogP) is 1.73. The second kappa shape index (κ2) is 8.89. The number of rotatable bonds is 6. The summed E-state index contributed by atoms with van der Waals surface area (Å²) in [6, 6.07) is 0.296. The highest BCUT2D eigenvalue weighted by molar-refractivity contribution is 7.99. The van der Waals surface area contributed by atoms with Gasteiger partial charge in [-0.15, -0.1) is 10.2 Å². The van der Waals surface area contributed by atoms with E-state index in [4.69, 9.17) is 5.84 Å². The van der Waals surface area contributed by atoms with Gasteiger partial charge in [-0.3, -0.25) is 4.79 Å². The van der Waals surface area contributed by atoms with Gasteiger partial charge in [0.25, 0.3) is 0 Å². The molecule has 3 rings (SSSR count). The van der Waals surface area contributed by atoms with Crippen molar-refractivity contribution in [2.75, 3.05) is 31.2 Å². The van der Waals surface area contributed by atoms with Crippen molar-refractivity contribution < 1.29 is 4.79 Å². The minimum Gasteiger partial charge on any atom is -0.353 e. The van der Waals surface area contributed by atoms with Crippen LogP contribution in [0.15, 0.2) is 5.16 Å². The standard InChI is InChI=1S/C17H30N6OS/c1-2-22-10-8-14(9-11-22)19-15(24)12-25-17-21-20-16(23(17)18)13-6-4-3-5-7-13/h13-14H,2-12,18H2,1H3,(H,19,24). The van der Waals surface area contributed by atoms with Crippen molar-refractivity contribution in [3.05, 3.63) is 5.82 Å². The first kappa shape index (κ1) is 18.5. The summed E-state index contributed by atoms with van der Waals surface area (Å²) in [5, 5.41) is 12.2. The SMILES string of the molecule is CCN1CCC(NC(=O)CSc2nnc(C3CCCCC3)n2N)CC1. The summed E-state index contributed by atoms with van der Waals surface area (Å²) in [4.78, 5) is 14.6. The second-order valence-electron chi connectivity index (χ2n) is 7.11. The molecule has 1 aromatic rings. The minimum atomic E-state index is 0.0576. The number of carbonyl (C=O) groups is 1. The molecule has 1 aliphatic carbocycles. The van der Waals surface area contributed by atoms with Crippen LogP contribution in [0.3, 0.4) is 0 Å². The zero-order valence-electron chi connectivity index (χ0n) is 15.1. The lowest BCUT2D eigenvalue weighted by atomic mass is 9.89. The smallest absolute Gasteiger partial charge is 0.230 e. The van der Waals surface area contributed by atoms with Crippen molar-refractivity contribution in [3.63, 3.8) is 0 Å². The highest BCUT2D eigenvalue weighted by Gasteiger charge is 2.23. The van der Waals surface area contributed by atoms with Crippen LogP contribution in [0.4, 0.5) is 0 Å². The van der Waals surface area contributed by atoms with Crippen LogP contribution in [-0.4, -0.2) is 57.1 Å². The van der Waals surface area contributed by atoms with E-state index in [0.717, 1.165) is 51.1 Å². The van der Waals surface area contributed by atoms with Crippen LogP contribution >= 0.6 is 11.8 Å². The number of nitrogens with one attached hydrogen (secondary N) is 1. The fraction of sp³-hybridized carbons (Fsp3) is 0.824. The molecule has 2 fully saturated rings. The van der Waals surface area contributed by atoms with Crippen molar-refractivity contribution >= 4 is 17.7 Å². The summed E-state index contributed by atoms with van der Waals surface area (Å²) in [5.74, 6) is 7.85. The highest BCUT2D eigenvalue weighted by Crippen LogP contribution is 2.32. The van der Waals surface area contributed by atoms with Gasteiger partial charge in [0.05, 0.1) is 5.75 Å². The van der Waals surface area contributed by atoms with E-state index in [0.29, 0.717) is 22.9 Å². The molecule has 1 saturated carbocycles. The van der Waals surface area contributed by atoms with Crippen LogP contribution in [-0.2, 0) is 4.79 Å². The molecule has 25 heavy (non-hydrogen) atoms. The molecule has 0 radical (unpaired) electrons. The molecule has 1 aliphatic heterocycles. The van der Waals surface area contributed by atoms with Gasteiger partial charge in [-0.05, 0) is 32.2 Å². The van der Waals surface area contributed by atoms with Gasteiger partial charge in [0, 0.05) is 25.0 Å². The molecule has 1 saturated heterocycles. The number of piperidine rings is 1. The number of amides is 1. The molecule has 1 amide bonds. The second-order valence-corrected chi connectivity index (χ2v) is 8.05. The van der Waals surface area contributed by atoms with Gasteiger partial charge in [-0.1, -0.05) is 37.9 Å². The Morgan fingerprint density at radius 3 is 2.60 bits per heavy atom. The van der Waals surface area contributed by atoms with Crippen LogP contribution in [0.1, 0.15) is 63.6 Å². The lowest BCUT2D eigenvalue weighted by Gasteiger charge is -2.31. The zero-order valence-corrected chi connectivity index (χ0v) is 15.9. The van der Waals surface area contributed by atoms with E-state index in [-0.39, 0.29) is 5.91 Å². The Balaban J connectivity index is 1.45. The van der Waals surface area contributed by atoms with E-state index in [2.05, 4.69) is 27.3 Å². The number of nitrogens with two attached hydrogens (primary N) is 1. The molecule has 0 bridgehead atoms. The molecule has 7 nitrogen and oxygen atoms in total. The Labute approximate surface area is 154 Å². The van der Waals surface area contributed by atoms with Crippen LogP contribution in [0.25, 0.3) is 0 Å². The Morgan fingerprint density at radius 1 is 1.20 bits per heavy atom. The molecule has 2 aliphatic rings. The van der Waals surface area contributed by atoms with Gasteiger partial charge in [-0.25, -0.2) is 4.68 Å². The maximum atomic E-state index is 12.2. The molecule has 140 valence electrons. The third-order valence-electron chi connectivity index (χ3n) is 5.39. The van der Waals surface area contributed by atoms with E-state index in [1.54, 1.807) is 4.68 Å².